The molecule has 20 heavy (non-hydrogen) atoms. The standard InChI is InChI=1S/C17H16INO/c18-15-10-4-3-9-14(15)17(20)19-16-11-5-7-12-6-1-2-8-13(12)16/h1-4,6,8-10,16H,5,7,11H2,(H,19,20). The largest absolute Gasteiger partial charge is 0.345 e. The maximum Gasteiger partial charge on any atom is 0.252 e. The second-order valence-electron chi connectivity index (χ2n) is 5.10. The SMILES string of the molecule is O=C(NC1CCCc2ccccc21)c1ccccc1I. The first kappa shape index (κ1) is 13.6. The molecular formula is C17H16INO. The van der Waals surface area contributed by atoms with Crippen molar-refractivity contribution >= 4 is 28.5 Å². The minimum Gasteiger partial charge on any atom is -0.345 e. The molecule has 1 aliphatic rings. The van der Waals surface area contributed by atoms with Crippen molar-refractivity contribution in [3.8, 4) is 0 Å². The molecule has 0 bridgehead atoms. The summed E-state index contributed by atoms with van der Waals surface area (Å²) in [5, 5.41) is 3.19. The summed E-state index contributed by atoms with van der Waals surface area (Å²) in [5.74, 6) is 0.0247. The van der Waals surface area contributed by atoms with Gasteiger partial charge in [0.25, 0.3) is 5.91 Å². The van der Waals surface area contributed by atoms with Crippen LogP contribution in [0.3, 0.4) is 0 Å². The predicted octanol–water partition coefficient (Wildman–Crippen LogP) is 4.10. The topological polar surface area (TPSA) is 29.1 Å². The van der Waals surface area contributed by atoms with Crippen LogP contribution in [0, 0.1) is 3.57 Å². The van der Waals surface area contributed by atoms with Crippen LogP contribution in [0.5, 0.6) is 0 Å². The Morgan fingerprint density at radius 1 is 1.10 bits per heavy atom. The van der Waals surface area contributed by atoms with Crippen molar-refractivity contribution in [1.82, 2.24) is 5.32 Å². The van der Waals surface area contributed by atoms with E-state index in [2.05, 4.69) is 52.2 Å². The molecule has 102 valence electrons. The number of aryl methyl sites for hydroxylation is 1. The molecule has 0 radical (unpaired) electrons. The molecule has 2 aromatic carbocycles. The van der Waals surface area contributed by atoms with Crippen molar-refractivity contribution < 1.29 is 4.79 Å². The number of fused-ring (bicyclic) bond motifs is 1. The Kier molecular flexibility index (Phi) is 4.05. The zero-order valence-electron chi connectivity index (χ0n) is 11.1. The molecule has 1 unspecified atom stereocenters. The van der Waals surface area contributed by atoms with Crippen molar-refractivity contribution in [2.24, 2.45) is 0 Å². The highest BCUT2D eigenvalue weighted by Gasteiger charge is 2.22. The number of carbonyl (C=O) groups excluding carboxylic acids is 1. The second-order valence-corrected chi connectivity index (χ2v) is 6.26. The van der Waals surface area contributed by atoms with Gasteiger partial charge in [-0.2, -0.15) is 0 Å². The van der Waals surface area contributed by atoms with E-state index < -0.39 is 0 Å². The molecular weight excluding hydrogens is 361 g/mol. The van der Waals surface area contributed by atoms with Crippen molar-refractivity contribution in [2.45, 2.75) is 25.3 Å². The third-order valence-electron chi connectivity index (χ3n) is 3.79. The summed E-state index contributed by atoms with van der Waals surface area (Å²) < 4.78 is 0.992. The Hall–Kier alpha value is -1.36. The molecule has 0 heterocycles. The lowest BCUT2D eigenvalue weighted by atomic mass is 9.87. The lowest BCUT2D eigenvalue weighted by Gasteiger charge is -2.26. The fourth-order valence-corrected chi connectivity index (χ4v) is 3.42. The van der Waals surface area contributed by atoms with Gasteiger partial charge in [0, 0.05) is 3.57 Å². The van der Waals surface area contributed by atoms with Gasteiger partial charge in [0.15, 0.2) is 0 Å². The first-order valence-electron chi connectivity index (χ1n) is 6.89. The minimum atomic E-state index is 0.0247. The normalized spacial score (nSPS) is 17.4. The molecule has 0 spiro atoms. The molecule has 0 aliphatic heterocycles. The molecule has 3 heteroatoms. The maximum atomic E-state index is 12.4. The van der Waals surface area contributed by atoms with Gasteiger partial charge in [0.2, 0.25) is 0 Å². The Labute approximate surface area is 132 Å². The van der Waals surface area contributed by atoms with Crippen LogP contribution in [0.2, 0.25) is 0 Å². The van der Waals surface area contributed by atoms with Crippen LogP contribution in [0.25, 0.3) is 0 Å². The molecule has 0 aromatic heterocycles. The number of amides is 1. The van der Waals surface area contributed by atoms with Gasteiger partial charge in [-0.25, -0.2) is 0 Å². The number of benzene rings is 2. The van der Waals surface area contributed by atoms with Gasteiger partial charge in [-0.05, 0) is 65.1 Å². The van der Waals surface area contributed by atoms with Gasteiger partial charge in [0.05, 0.1) is 11.6 Å². The number of rotatable bonds is 2. The average Bonchev–Trinajstić information content (AvgIpc) is 2.48. The van der Waals surface area contributed by atoms with E-state index in [0.717, 1.165) is 28.4 Å². The Morgan fingerprint density at radius 2 is 1.85 bits per heavy atom. The van der Waals surface area contributed by atoms with Gasteiger partial charge in [-0.15, -0.1) is 0 Å². The van der Waals surface area contributed by atoms with Crippen molar-refractivity contribution in [3.63, 3.8) is 0 Å². The molecule has 0 saturated carbocycles. The van der Waals surface area contributed by atoms with Crippen molar-refractivity contribution in [2.75, 3.05) is 0 Å². The predicted molar refractivity (Wildman–Crippen MR) is 88.7 cm³/mol. The van der Waals surface area contributed by atoms with Gasteiger partial charge in [0.1, 0.15) is 0 Å². The highest BCUT2D eigenvalue weighted by atomic mass is 127. The zero-order chi connectivity index (χ0) is 13.9. The zero-order valence-corrected chi connectivity index (χ0v) is 13.3. The summed E-state index contributed by atoms with van der Waals surface area (Å²) in [6.45, 7) is 0. The van der Waals surface area contributed by atoms with Crippen molar-refractivity contribution in [3.05, 3.63) is 68.8 Å². The lowest BCUT2D eigenvalue weighted by Crippen LogP contribution is -2.31. The number of hydrogen-bond acceptors (Lipinski definition) is 1. The van der Waals surface area contributed by atoms with E-state index in [1.165, 1.54) is 11.1 Å². The van der Waals surface area contributed by atoms with Crippen LogP contribution in [-0.4, -0.2) is 5.91 Å². The van der Waals surface area contributed by atoms with Gasteiger partial charge < -0.3 is 5.32 Å². The highest BCUT2D eigenvalue weighted by molar-refractivity contribution is 14.1. The van der Waals surface area contributed by atoms with E-state index >= 15 is 0 Å². The second kappa shape index (κ2) is 5.95. The lowest BCUT2D eigenvalue weighted by molar-refractivity contribution is 0.0932. The number of hydrogen-bond donors (Lipinski definition) is 1. The fourth-order valence-electron chi connectivity index (χ4n) is 2.79. The minimum absolute atomic E-state index is 0.0247. The molecule has 1 aliphatic carbocycles. The molecule has 0 saturated heterocycles. The summed E-state index contributed by atoms with van der Waals surface area (Å²) in [5.41, 5.74) is 3.40. The molecule has 2 nitrogen and oxygen atoms in total. The van der Waals surface area contributed by atoms with Crippen LogP contribution in [0.1, 0.15) is 40.4 Å². The molecule has 1 amide bonds. The van der Waals surface area contributed by atoms with Crippen LogP contribution in [-0.2, 0) is 6.42 Å². The van der Waals surface area contributed by atoms with E-state index in [4.69, 9.17) is 0 Å². The van der Waals surface area contributed by atoms with Crippen LogP contribution in [0.4, 0.5) is 0 Å². The van der Waals surface area contributed by atoms with Gasteiger partial charge >= 0.3 is 0 Å². The van der Waals surface area contributed by atoms with E-state index in [1.54, 1.807) is 0 Å². The summed E-state index contributed by atoms with van der Waals surface area (Å²) in [6.07, 6.45) is 3.27. The number of carbonyl (C=O) groups is 1. The van der Waals surface area contributed by atoms with E-state index in [0.29, 0.717) is 0 Å². The van der Waals surface area contributed by atoms with Crippen molar-refractivity contribution in [1.29, 1.82) is 0 Å². The van der Waals surface area contributed by atoms with E-state index in [9.17, 15) is 4.79 Å². The summed E-state index contributed by atoms with van der Waals surface area (Å²) in [7, 11) is 0. The third-order valence-corrected chi connectivity index (χ3v) is 4.73. The van der Waals surface area contributed by atoms with Crippen LogP contribution in [0.15, 0.2) is 48.5 Å². The Bertz CT molecular complexity index is 638. The van der Waals surface area contributed by atoms with E-state index in [1.807, 2.05) is 24.3 Å². The Balaban J connectivity index is 1.83. The third kappa shape index (κ3) is 2.73. The molecule has 1 atom stereocenters. The smallest absolute Gasteiger partial charge is 0.252 e. The molecule has 0 fully saturated rings. The molecule has 2 aromatic rings. The quantitative estimate of drug-likeness (QED) is 0.785. The fraction of sp³-hybridized carbons (Fsp3) is 0.235. The molecule has 1 N–H and O–H groups in total. The summed E-state index contributed by atoms with van der Waals surface area (Å²) in [4.78, 5) is 12.4. The first-order valence-corrected chi connectivity index (χ1v) is 7.97. The van der Waals surface area contributed by atoms with Crippen LogP contribution < -0.4 is 5.32 Å². The highest BCUT2D eigenvalue weighted by Crippen LogP contribution is 2.29. The molecule has 3 rings (SSSR count). The number of halogens is 1. The maximum absolute atomic E-state index is 12.4. The average molecular weight is 377 g/mol. The van der Waals surface area contributed by atoms with Crippen LogP contribution >= 0.6 is 22.6 Å². The van der Waals surface area contributed by atoms with Gasteiger partial charge in [-0.1, -0.05) is 36.4 Å². The summed E-state index contributed by atoms with van der Waals surface area (Å²) >= 11 is 2.21. The van der Waals surface area contributed by atoms with E-state index in [-0.39, 0.29) is 11.9 Å². The summed E-state index contributed by atoms with van der Waals surface area (Å²) in [6, 6.07) is 16.3. The Morgan fingerprint density at radius 3 is 2.70 bits per heavy atom. The number of nitrogens with one attached hydrogen (secondary N) is 1. The van der Waals surface area contributed by atoms with Gasteiger partial charge in [-0.3, -0.25) is 4.79 Å². The monoisotopic (exact) mass is 377 g/mol. The first-order chi connectivity index (χ1) is 9.75.